The summed E-state index contributed by atoms with van der Waals surface area (Å²) >= 11 is 7.79. The summed E-state index contributed by atoms with van der Waals surface area (Å²) in [5.41, 5.74) is 2.38. The quantitative estimate of drug-likeness (QED) is 0.322. The molecule has 0 saturated carbocycles. The molecule has 0 amide bonds. The Bertz CT molecular complexity index is 1070. The van der Waals surface area contributed by atoms with E-state index in [-0.39, 0.29) is 0 Å². The molecule has 10 heteroatoms. The van der Waals surface area contributed by atoms with Crippen LogP contribution in [0.5, 0.6) is 0 Å². The van der Waals surface area contributed by atoms with Gasteiger partial charge in [0.1, 0.15) is 0 Å². The molecule has 0 atom stereocenters. The highest BCUT2D eigenvalue weighted by molar-refractivity contribution is 8.13. The molecule has 1 fully saturated rings. The van der Waals surface area contributed by atoms with E-state index >= 15 is 0 Å². The Morgan fingerprint density at radius 2 is 1.83 bits per heavy atom. The van der Waals surface area contributed by atoms with Gasteiger partial charge in [-0.05, 0) is 37.4 Å². The lowest BCUT2D eigenvalue weighted by atomic mass is 10.2. The first kappa shape index (κ1) is 22.4. The normalized spacial score (nSPS) is 15.7. The maximum absolute atomic E-state index is 12.9. The lowest BCUT2D eigenvalue weighted by molar-refractivity contribution is 0.385. The third-order valence-electron chi connectivity index (χ3n) is 4.76. The van der Waals surface area contributed by atoms with Crippen LogP contribution >= 0.6 is 23.4 Å². The topological polar surface area (TPSA) is 88.8 Å². The number of aryl methyl sites for hydroxylation is 1. The van der Waals surface area contributed by atoms with Crippen LogP contribution in [-0.2, 0) is 10.0 Å². The first-order valence-corrected chi connectivity index (χ1v) is 12.3. The van der Waals surface area contributed by atoms with E-state index in [1.165, 1.54) is 16.1 Å². The smallest absolute Gasteiger partial charge is 0.243 e. The summed E-state index contributed by atoms with van der Waals surface area (Å²) < 4.78 is 27.4. The summed E-state index contributed by atoms with van der Waals surface area (Å²) in [6.07, 6.45) is 3.69. The van der Waals surface area contributed by atoms with Crippen molar-refractivity contribution in [2.45, 2.75) is 11.8 Å². The molecular weight excluding hydrogens is 442 g/mol. The molecule has 0 aromatic heterocycles. The lowest BCUT2D eigenvalue weighted by Crippen LogP contribution is -2.48. The number of piperazine rings is 1. The first-order chi connectivity index (χ1) is 14.4. The van der Waals surface area contributed by atoms with Gasteiger partial charge in [-0.1, -0.05) is 47.1 Å². The number of para-hydroxylation sites is 1. The van der Waals surface area contributed by atoms with E-state index in [1.807, 2.05) is 30.3 Å². The molecule has 3 rings (SSSR count). The van der Waals surface area contributed by atoms with Crippen LogP contribution in [0.15, 0.2) is 52.4 Å². The third kappa shape index (κ3) is 4.90. The second-order valence-electron chi connectivity index (χ2n) is 6.67. The highest BCUT2D eigenvalue weighted by Crippen LogP contribution is 2.37. The Morgan fingerprint density at radius 1 is 1.17 bits per heavy atom. The summed E-state index contributed by atoms with van der Waals surface area (Å²) in [6, 6.07) is 12.3. The van der Waals surface area contributed by atoms with E-state index < -0.39 is 10.0 Å². The minimum absolute atomic E-state index is 0.303. The minimum atomic E-state index is -3.54. The summed E-state index contributed by atoms with van der Waals surface area (Å²) in [7, 11) is -3.54. The van der Waals surface area contributed by atoms with Gasteiger partial charge >= 0.3 is 0 Å². The van der Waals surface area contributed by atoms with Gasteiger partial charge < -0.3 is 4.90 Å². The van der Waals surface area contributed by atoms with Gasteiger partial charge in [0.15, 0.2) is 11.4 Å². The standard InChI is InChI=1S/C20H22ClN5O2S2/c1-15-6-8-16(9-7-15)30(27,28)26-12-10-25(11-13-26)19-17(21)4-3-5-18(19)24-20(29-2)23-14-22/h3-9H,10-13H2,1-2H3,(H,23,24). The molecule has 7 nitrogen and oxygen atoms in total. The predicted octanol–water partition coefficient (Wildman–Crippen LogP) is 3.58. The van der Waals surface area contributed by atoms with Crippen LogP contribution in [0.25, 0.3) is 0 Å². The fraction of sp³-hybridized carbons (Fsp3) is 0.300. The van der Waals surface area contributed by atoms with Crippen LogP contribution in [0, 0.1) is 18.4 Å². The average molecular weight is 464 g/mol. The van der Waals surface area contributed by atoms with Crippen LogP contribution in [0.2, 0.25) is 5.02 Å². The molecule has 0 spiro atoms. The summed E-state index contributed by atoms with van der Waals surface area (Å²) in [5, 5.41) is 12.4. The van der Waals surface area contributed by atoms with Gasteiger partial charge in [0, 0.05) is 26.2 Å². The fourth-order valence-electron chi connectivity index (χ4n) is 3.20. The number of aliphatic imine (C=N–C) groups is 1. The van der Waals surface area contributed by atoms with Gasteiger partial charge in [-0.15, -0.1) is 0 Å². The van der Waals surface area contributed by atoms with Crippen molar-refractivity contribution >= 4 is 49.9 Å². The van der Waals surface area contributed by atoms with Crippen molar-refractivity contribution in [3.05, 3.63) is 53.1 Å². The maximum atomic E-state index is 12.9. The van der Waals surface area contributed by atoms with E-state index in [0.717, 1.165) is 11.3 Å². The van der Waals surface area contributed by atoms with Gasteiger partial charge in [0.05, 0.1) is 21.3 Å². The first-order valence-electron chi connectivity index (χ1n) is 9.25. The van der Waals surface area contributed by atoms with Crippen molar-refractivity contribution in [2.24, 2.45) is 4.99 Å². The number of anilines is 1. The number of nitrogens with one attached hydrogen (secondary N) is 1. The summed E-state index contributed by atoms with van der Waals surface area (Å²) in [5.74, 6) is 0. The van der Waals surface area contributed by atoms with Gasteiger partial charge in [-0.3, -0.25) is 5.32 Å². The Morgan fingerprint density at radius 3 is 2.43 bits per heavy atom. The molecule has 30 heavy (non-hydrogen) atoms. The van der Waals surface area contributed by atoms with Gasteiger partial charge in [-0.2, -0.15) is 9.57 Å². The van der Waals surface area contributed by atoms with Crippen LogP contribution in [0.1, 0.15) is 5.56 Å². The Kier molecular flexibility index (Phi) is 7.26. The van der Waals surface area contributed by atoms with E-state index in [0.29, 0.717) is 47.0 Å². The van der Waals surface area contributed by atoms with E-state index in [9.17, 15) is 8.42 Å². The van der Waals surface area contributed by atoms with Gasteiger partial charge in [-0.25, -0.2) is 13.4 Å². The number of benzene rings is 2. The summed E-state index contributed by atoms with van der Waals surface area (Å²) in [4.78, 5) is 6.85. The Labute approximate surface area is 186 Å². The van der Waals surface area contributed by atoms with E-state index in [4.69, 9.17) is 16.9 Å². The lowest BCUT2D eigenvalue weighted by Gasteiger charge is -2.36. The minimum Gasteiger partial charge on any atom is -0.366 e. The molecular formula is C20H22ClN5O2S2. The van der Waals surface area contributed by atoms with Crippen LogP contribution in [0.3, 0.4) is 0 Å². The number of nitrogens with zero attached hydrogens (tertiary/aromatic N) is 4. The molecule has 2 aromatic carbocycles. The molecule has 1 aliphatic heterocycles. The highest BCUT2D eigenvalue weighted by Gasteiger charge is 2.29. The number of thioether (sulfide) groups is 1. The molecule has 0 unspecified atom stereocenters. The Balaban J connectivity index is 1.82. The molecule has 158 valence electrons. The van der Waals surface area contributed by atoms with Crippen molar-refractivity contribution in [2.75, 3.05) is 37.3 Å². The third-order valence-corrected chi connectivity index (χ3v) is 7.56. The molecule has 0 aliphatic carbocycles. The average Bonchev–Trinajstić information content (AvgIpc) is 2.74. The van der Waals surface area contributed by atoms with Gasteiger partial charge in [0.2, 0.25) is 10.0 Å². The molecule has 1 aliphatic rings. The van der Waals surface area contributed by atoms with Crippen molar-refractivity contribution in [1.29, 1.82) is 5.26 Å². The SMILES string of the molecule is CSC(=Nc1cccc(Cl)c1N1CCN(S(=O)(=O)c2ccc(C)cc2)CC1)NC#N. The molecule has 1 heterocycles. The number of rotatable bonds is 4. The molecule has 1 saturated heterocycles. The number of hydrogen-bond acceptors (Lipinski definition) is 6. The molecule has 1 N–H and O–H groups in total. The number of sulfonamides is 1. The summed E-state index contributed by atoms with van der Waals surface area (Å²) in [6.45, 7) is 3.58. The zero-order valence-corrected chi connectivity index (χ0v) is 19.1. The van der Waals surface area contributed by atoms with Crippen LogP contribution in [0.4, 0.5) is 11.4 Å². The monoisotopic (exact) mass is 463 g/mol. The maximum Gasteiger partial charge on any atom is 0.243 e. The van der Waals surface area contributed by atoms with Crippen molar-refractivity contribution in [3.63, 3.8) is 0 Å². The number of nitriles is 1. The molecule has 0 bridgehead atoms. The predicted molar refractivity (Wildman–Crippen MR) is 123 cm³/mol. The fourth-order valence-corrected chi connectivity index (χ4v) is 5.25. The van der Waals surface area contributed by atoms with E-state index in [2.05, 4.69) is 10.3 Å². The van der Waals surface area contributed by atoms with E-state index in [1.54, 1.807) is 36.4 Å². The van der Waals surface area contributed by atoms with Gasteiger partial charge in [0.25, 0.3) is 0 Å². The van der Waals surface area contributed by atoms with Crippen LogP contribution in [-0.4, -0.2) is 50.3 Å². The molecule has 2 aromatic rings. The van der Waals surface area contributed by atoms with Crippen molar-refractivity contribution in [1.82, 2.24) is 9.62 Å². The molecule has 0 radical (unpaired) electrons. The zero-order chi connectivity index (χ0) is 21.7. The second kappa shape index (κ2) is 9.71. The number of hydrogen-bond donors (Lipinski definition) is 1. The number of amidine groups is 1. The van der Waals surface area contributed by atoms with Crippen molar-refractivity contribution in [3.8, 4) is 6.19 Å². The Hall–Kier alpha value is -2.25. The van der Waals surface area contributed by atoms with Crippen LogP contribution < -0.4 is 10.2 Å². The second-order valence-corrected chi connectivity index (χ2v) is 9.81. The zero-order valence-electron chi connectivity index (χ0n) is 16.7. The largest absolute Gasteiger partial charge is 0.366 e. The van der Waals surface area contributed by atoms with Crippen molar-refractivity contribution < 1.29 is 8.42 Å². The number of halogens is 1. The highest BCUT2D eigenvalue weighted by atomic mass is 35.5.